The molecule has 2 nitrogen and oxygen atoms in total. The summed E-state index contributed by atoms with van der Waals surface area (Å²) in [5.74, 6) is -6.69. The Kier molecular flexibility index (Phi) is 11.1. The molecule has 2 aliphatic rings. The van der Waals surface area contributed by atoms with Crippen LogP contribution in [0.25, 0.3) is 11.1 Å². The largest absolute Gasteiger partial charge is 0.573 e. The lowest BCUT2D eigenvalue weighted by Crippen LogP contribution is -2.37. The van der Waals surface area contributed by atoms with E-state index in [0.29, 0.717) is 24.3 Å². The molecule has 0 atom stereocenters. The number of halogens is 8. The minimum Gasteiger partial charge on any atom is -0.432 e. The summed E-state index contributed by atoms with van der Waals surface area (Å²) in [6.45, 7) is 2.22. The van der Waals surface area contributed by atoms with Crippen LogP contribution in [0.5, 0.6) is 11.5 Å². The van der Waals surface area contributed by atoms with Gasteiger partial charge in [0.1, 0.15) is 11.6 Å². The lowest BCUT2D eigenvalue weighted by Gasteiger charge is -2.33. The van der Waals surface area contributed by atoms with Crippen molar-refractivity contribution in [3.8, 4) is 22.6 Å². The van der Waals surface area contributed by atoms with Crippen LogP contribution >= 0.6 is 0 Å². The molecule has 10 heteroatoms. The standard InChI is InChI=1S/C37H40F8O2/c1-2-3-4-5-23-6-8-26(9-7-23)28-16-19-31(32(38)20-28)27-12-10-24(11-13-27)25-14-17-29(18-15-25)36(41,42)46-30-21-33(39)35(34(40)22-30)47-37(43,44)45/h10-13,16,19-23,25-26,29H,2-9,14-15,17-18H2,1H3. The van der Waals surface area contributed by atoms with Gasteiger partial charge in [0.25, 0.3) is 0 Å². The Balaban J connectivity index is 1.15. The summed E-state index contributed by atoms with van der Waals surface area (Å²) in [6.07, 6.45) is 1.41. The second-order valence-corrected chi connectivity index (χ2v) is 13.1. The van der Waals surface area contributed by atoms with Gasteiger partial charge in [-0.3, -0.25) is 0 Å². The molecular weight excluding hydrogens is 628 g/mol. The number of ether oxygens (including phenoxy) is 2. The van der Waals surface area contributed by atoms with Gasteiger partial charge in [-0.15, -0.1) is 13.2 Å². The Labute approximate surface area is 270 Å². The maximum Gasteiger partial charge on any atom is 0.573 e. The number of unbranched alkanes of at least 4 members (excludes halogenated alkanes) is 2. The number of rotatable bonds is 11. The molecule has 0 heterocycles. The third-order valence-electron chi connectivity index (χ3n) is 9.87. The van der Waals surface area contributed by atoms with Gasteiger partial charge in [-0.1, -0.05) is 69.0 Å². The predicted octanol–water partition coefficient (Wildman–Crippen LogP) is 12.5. The van der Waals surface area contributed by atoms with Gasteiger partial charge in [0.05, 0.1) is 5.92 Å². The number of alkyl halides is 5. The second-order valence-electron chi connectivity index (χ2n) is 13.1. The Hall–Kier alpha value is -3.30. The van der Waals surface area contributed by atoms with Gasteiger partial charge in [-0.05, 0) is 91.9 Å². The van der Waals surface area contributed by atoms with E-state index in [0.717, 1.165) is 35.4 Å². The third-order valence-corrected chi connectivity index (χ3v) is 9.87. The van der Waals surface area contributed by atoms with Gasteiger partial charge in [-0.2, -0.15) is 8.78 Å². The van der Waals surface area contributed by atoms with Crippen molar-refractivity contribution in [1.29, 1.82) is 0 Å². The molecule has 0 bridgehead atoms. The Morgan fingerprint density at radius 3 is 1.79 bits per heavy atom. The summed E-state index contributed by atoms with van der Waals surface area (Å²) < 4.78 is 118. The van der Waals surface area contributed by atoms with Gasteiger partial charge in [0.15, 0.2) is 11.6 Å². The molecule has 0 aliphatic heterocycles. The van der Waals surface area contributed by atoms with E-state index in [1.807, 2.05) is 36.4 Å². The van der Waals surface area contributed by atoms with Crippen LogP contribution in [0.2, 0.25) is 0 Å². The van der Waals surface area contributed by atoms with Crippen LogP contribution in [0.15, 0.2) is 54.6 Å². The van der Waals surface area contributed by atoms with Crippen molar-refractivity contribution >= 4 is 0 Å². The SMILES string of the molecule is CCCCCC1CCC(c2ccc(-c3ccc(C4CCC(C(F)(F)Oc5cc(F)c(OC(F)(F)F)c(F)c5)CC4)cc3)c(F)c2)CC1. The molecule has 0 saturated heterocycles. The van der Waals surface area contributed by atoms with Crippen molar-refractivity contribution in [3.63, 3.8) is 0 Å². The summed E-state index contributed by atoms with van der Waals surface area (Å²) in [4.78, 5) is 0. The van der Waals surface area contributed by atoms with E-state index in [9.17, 15) is 30.7 Å². The minimum atomic E-state index is -5.36. The zero-order chi connectivity index (χ0) is 33.8. The summed E-state index contributed by atoms with van der Waals surface area (Å²) in [5.41, 5.74) is 3.24. The first-order valence-corrected chi connectivity index (χ1v) is 16.5. The maximum atomic E-state index is 15.3. The van der Waals surface area contributed by atoms with E-state index >= 15 is 4.39 Å². The topological polar surface area (TPSA) is 18.5 Å². The molecule has 0 amide bonds. The average Bonchev–Trinajstić information content (AvgIpc) is 3.03. The van der Waals surface area contributed by atoms with Crippen molar-refractivity contribution < 1.29 is 44.6 Å². The molecule has 3 aromatic rings. The molecule has 2 fully saturated rings. The zero-order valence-electron chi connectivity index (χ0n) is 26.3. The van der Waals surface area contributed by atoms with E-state index in [2.05, 4.69) is 16.4 Å². The normalized spacial score (nSPS) is 22.2. The first-order chi connectivity index (χ1) is 22.3. The number of benzene rings is 3. The molecule has 0 aromatic heterocycles. The first-order valence-electron chi connectivity index (χ1n) is 16.5. The molecule has 47 heavy (non-hydrogen) atoms. The first kappa shape index (κ1) is 35.0. The smallest absolute Gasteiger partial charge is 0.432 e. The molecule has 5 rings (SSSR count). The monoisotopic (exact) mass is 668 g/mol. The van der Waals surface area contributed by atoms with E-state index in [1.54, 1.807) is 6.07 Å². The summed E-state index contributed by atoms with van der Waals surface area (Å²) in [5, 5.41) is 0. The van der Waals surface area contributed by atoms with Crippen molar-refractivity contribution in [2.75, 3.05) is 0 Å². The van der Waals surface area contributed by atoms with E-state index in [4.69, 9.17) is 0 Å². The quantitative estimate of drug-likeness (QED) is 0.150. The lowest BCUT2D eigenvalue weighted by molar-refractivity contribution is -0.276. The molecule has 2 saturated carbocycles. The van der Waals surface area contributed by atoms with E-state index in [1.165, 1.54) is 38.5 Å². The summed E-state index contributed by atoms with van der Waals surface area (Å²) in [7, 11) is 0. The molecule has 2 aliphatic carbocycles. The minimum absolute atomic E-state index is 0.0193. The molecule has 0 radical (unpaired) electrons. The van der Waals surface area contributed by atoms with Crippen LogP contribution < -0.4 is 9.47 Å². The highest BCUT2D eigenvalue weighted by Crippen LogP contribution is 2.44. The molecular formula is C37H40F8O2. The fourth-order valence-corrected chi connectivity index (χ4v) is 7.23. The average molecular weight is 669 g/mol. The molecule has 3 aromatic carbocycles. The van der Waals surface area contributed by atoms with Crippen molar-refractivity contribution in [1.82, 2.24) is 0 Å². The van der Waals surface area contributed by atoms with Gasteiger partial charge in [0.2, 0.25) is 5.75 Å². The molecule has 0 unspecified atom stereocenters. The van der Waals surface area contributed by atoms with Crippen molar-refractivity contribution in [3.05, 3.63) is 83.2 Å². The van der Waals surface area contributed by atoms with Crippen LogP contribution in [-0.2, 0) is 0 Å². The van der Waals surface area contributed by atoms with Gasteiger partial charge in [-0.25, -0.2) is 13.2 Å². The predicted molar refractivity (Wildman–Crippen MR) is 164 cm³/mol. The van der Waals surface area contributed by atoms with Crippen LogP contribution in [0.1, 0.15) is 107 Å². The molecule has 256 valence electrons. The highest BCUT2D eigenvalue weighted by Gasteiger charge is 2.44. The number of hydrogen-bond acceptors (Lipinski definition) is 2. The zero-order valence-corrected chi connectivity index (χ0v) is 26.3. The van der Waals surface area contributed by atoms with Gasteiger partial charge < -0.3 is 9.47 Å². The highest BCUT2D eigenvalue weighted by molar-refractivity contribution is 5.65. The van der Waals surface area contributed by atoms with Crippen LogP contribution in [0.3, 0.4) is 0 Å². The fourth-order valence-electron chi connectivity index (χ4n) is 7.23. The van der Waals surface area contributed by atoms with Crippen molar-refractivity contribution in [2.45, 2.75) is 108 Å². The summed E-state index contributed by atoms with van der Waals surface area (Å²) >= 11 is 0. The van der Waals surface area contributed by atoms with Crippen LogP contribution in [0.4, 0.5) is 35.1 Å². The van der Waals surface area contributed by atoms with E-state index < -0.39 is 41.5 Å². The maximum absolute atomic E-state index is 15.3. The van der Waals surface area contributed by atoms with Gasteiger partial charge >= 0.3 is 12.5 Å². The van der Waals surface area contributed by atoms with Crippen LogP contribution in [-0.4, -0.2) is 12.5 Å². The van der Waals surface area contributed by atoms with Gasteiger partial charge in [0, 0.05) is 17.7 Å². The Morgan fingerprint density at radius 2 is 1.21 bits per heavy atom. The molecule has 0 N–H and O–H groups in total. The lowest BCUT2D eigenvalue weighted by atomic mass is 9.76. The number of hydrogen-bond donors (Lipinski definition) is 0. The van der Waals surface area contributed by atoms with Crippen molar-refractivity contribution in [2.24, 2.45) is 11.8 Å². The Bertz CT molecular complexity index is 1450. The van der Waals surface area contributed by atoms with Crippen LogP contribution in [0, 0.1) is 29.3 Å². The van der Waals surface area contributed by atoms with E-state index in [-0.39, 0.29) is 36.7 Å². The third kappa shape index (κ3) is 8.99. The highest BCUT2D eigenvalue weighted by atomic mass is 19.4. The Morgan fingerprint density at radius 1 is 0.638 bits per heavy atom. The molecule has 0 spiro atoms. The fraction of sp³-hybridized carbons (Fsp3) is 0.514. The second kappa shape index (κ2) is 14.9. The summed E-state index contributed by atoms with van der Waals surface area (Å²) in [6, 6.07) is 13.5.